The summed E-state index contributed by atoms with van der Waals surface area (Å²) in [5, 5.41) is 5.89. The summed E-state index contributed by atoms with van der Waals surface area (Å²) in [6, 6.07) is 0. The lowest BCUT2D eigenvalue weighted by molar-refractivity contribution is 0.0529. The number of amides is 1. The van der Waals surface area contributed by atoms with E-state index in [1.54, 1.807) is 11.2 Å². The van der Waals surface area contributed by atoms with Gasteiger partial charge in [-0.3, -0.25) is 0 Å². The summed E-state index contributed by atoms with van der Waals surface area (Å²) in [5.41, 5.74) is -0.483. The third-order valence-corrected chi connectivity index (χ3v) is 1.73. The van der Waals surface area contributed by atoms with Gasteiger partial charge in [0.15, 0.2) is 5.11 Å². The molecular formula is C11H22N4O2S. The lowest BCUT2D eigenvalue weighted by atomic mass is 10.2. The number of alkyl carbamates (subject to hydrolysis) is 1. The first kappa shape index (κ1) is 16.6. The van der Waals surface area contributed by atoms with Crippen molar-refractivity contribution in [3.8, 4) is 0 Å². The quantitative estimate of drug-likeness (QED) is 0.346. The van der Waals surface area contributed by atoms with Gasteiger partial charge >= 0.3 is 6.09 Å². The molecule has 0 atom stereocenters. The molecule has 0 aliphatic rings. The summed E-state index contributed by atoms with van der Waals surface area (Å²) in [5.74, 6) is 0. The monoisotopic (exact) mass is 274 g/mol. The minimum atomic E-state index is -0.483. The zero-order valence-electron chi connectivity index (χ0n) is 11.6. The van der Waals surface area contributed by atoms with Crippen molar-refractivity contribution in [2.75, 3.05) is 27.2 Å². The molecule has 0 aromatic heterocycles. The molecule has 0 fully saturated rings. The maximum atomic E-state index is 11.3. The predicted molar refractivity (Wildman–Crippen MR) is 77.0 cm³/mol. The Balaban J connectivity index is 3.68. The Labute approximate surface area is 114 Å². The van der Waals surface area contributed by atoms with Crippen LogP contribution < -0.4 is 10.6 Å². The van der Waals surface area contributed by atoms with Crippen LogP contribution in [0.3, 0.4) is 0 Å². The van der Waals surface area contributed by atoms with E-state index in [0.717, 1.165) is 0 Å². The third kappa shape index (κ3) is 11.1. The summed E-state index contributed by atoms with van der Waals surface area (Å²) in [6.45, 7) is 6.37. The van der Waals surface area contributed by atoms with E-state index < -0.39 is 11.7 Å². The van der Waals surface area contributed by atoms with Crippen LogP contribution in [0.5, 0.6) is 0 Å². The molecular weight excluding hydrogens is 252 g/mol. The zero-order chi connectivity index (χ0) is 14.2. The molecule has 0 unspecified atom stereocenters. The van der Waals surface area contributed by atoms with Gasteiger partial charge in [-0.25, -0.2) is 9.79 Å². The highest BCUT2D eigenvalue weighted by molar-refractivity contribution is 7.80. The van der Waals surface area contributed by atoms with E-state index in [1.165, 1.54) is 0 Å². The molecule has 0 aromatic rings. The van der Waals surface area contributed by atoms with E-state index in [1.807, 2.05) is 34.9 Å². The first-order valence-corrected chi connectivity index (χ1v) is 6.07. The summed E-state index contributed by atoms with van der Waals surface area (Å²) in [6.07, 6.45) is 1.17. The molecule has 0 saturated carbocycles. The molecule has 0 heterocycles. The average Bonchev–Trinajstić information content (AvgIpc) is 2.19. The standard InChI is InChI=1S/C11H22N4O2S/c1-11(2,3)17-10(16)13-7-6-12-9(18)14-8-15(4)5/h8H,6-7H2,1-5H3,(H,12,18)(H,13,16)/b14-8+. The number of ether oxygens (including phenoxy) is 1. The van der Waals surface area contributed by atoms with Crippen molar-refractivity contribution >= 4 is 29.8 Å². The highest BCUT2D eigenvalue weighted by Crippen LogP contribution is 2.05. The van der Waals surface area contributed by atoms with E-state index in [-0.39, 0.29) is 0 Å². The number of rotatable bonds is 4. The fourth-order valence-electron chi connectivity index (χ4n) is 0.862. The van der Waals surface area contributed by atoms with Crippen LogP contribution in [0, 0.1) is 0 Å². The van der Waals surface area contributed by atoms with Gasteiger partial charge in [-0.05, 0) is 33.0 Å². The van der Waals surface area contributed by atoms with Gasteiger partial charge in [0.2, 0.25) is 0 Å². The molecule has 1 amide bonds. The van der Waals surface area contributed by atoms with Crippen LogP contribution >= 0.6 is 12.2 Å². The Morgan fingerprint density at radius 1 is 1.33 bits per heavy atom. The molecule has 104 valence electrons. The Kier molecular flexibility index (Phi) is 7.26. The number of aliphatic imine (C=N–C) groups is 1. The third-order valence-electron chi connectivity index (χ3n) is 1.48. The van der Waals surface area contributed by atoms with Crippen molar-refractivity contribution in [3.63, 3.8) is 0 Å². The molecule has 0 radical (unpaired) electrons. The lowest BCUT2D eigenvalue weighted by Crippen LogP contribution is -2.37. The van der Waals surface area contributed by atoms with Crippen LogP contribution in [0.2, 0.25) is 0 Å². The Morgan fingerprint density at radius 2 is 1.89 bits per heavy atom. The second kappa shape index (κ2) is 7.86. The van der Waals surface area contributed by atoms with Crippen LogP contribution in [0.25, 0.3) is 0 Å². The number of carbonyl (C=O) groups excluding carboxylic acids is 1. The van der Waals surface area contributed by atoms with E-state index in [0.29, 0.717) is 18.2 Å². The van der Waals surface area contributed by atoms with Gasteiger partial charge in [-0.15, -0.1) is 0 Å². The molecule has 18 heavy (non-hydrogen) atoms. The van der Waals surface area contributed by atoms with Crippen LogP contribution in [0.15, 0.2) is 4.99 Å². The second-order valence-electron chi connectivity index (χ2n) is 4.87. The van der Waals surface area contributed by atoms with E-state index >= 15 is 0 Å². The fraction of sp³-hybridized carbons (Fsp3) is 0.727. The predicted octanol–water partition coefficient (Wildman–Crippen LogP) is 0.975. The molecule has 0 spiro atoms. The van der Waals surface area contributed by atoms with Crippen LogP contribution in [-0.2, 0) is 4.74 Å². The van der Waals surface area contributed by atoms with Crippen molar-refractivity contribution in [1.29, 1.82) is 0 Å². The maximum absolute atomic E-state index is 11.3. The van der Waals surface area contributed by atoms with Crippen molar-refractivity contribution in [2.45, 2.75) is 26.4 Å². The second-order valence-corrected chi connectivity index (χ2v) is 5.26. The van der Waals surface area contributed by atoms with Crippen molar-refractivity contribution in [1.82, 2.24) is 15.5 Å². The van der Waals surface area contributed by atoms with Crippen LogP contribution in [0.1, 0.15) is 20.8 Å². The Bertz CT molecular complexity index is 311. The summed E-state index contributed by atoms with van der Waals surface area (Å²) < 4.78 is 5.08. The molecule has 7 heteroatoms. The highest BCUT2D eigenvalue weighted by atomic mass is 32.1. The summed E-state index contributed by atoms with van der Waals surface area (Å²) in [7, 11) is 3.71. The Morgan fingerprint density at radius 3 is 2.39 bits per heavy atom. The molecule has 0 aromatic carbocycles. The van der Waals surface area contributed by atoms with Gasteiger partial charge in [0.05, 0.1) is 6.34 Å². The highest BCUT2D eigenvalue weighted by Gasteiger charge is 2.15. The molecule has 6 nitrogen and oxygen atoms in total. The number of nitrogens with zero attached hydrogens (tertiary/aromatic N) is 2. The molecule has 0 aliphatic heterocycles. The fourth-order valence-corrected chi connectivity index (χ4v) is 1.01. The number of hydrogen-bond donors (Lipinski definition) is 2. The SMILES string of the molecule is CN(C)/C=N/C(=S)NCCNC(=O)OC(C)(C)C. The minimum absolute atomic E-state index is 0.384. The number of hydrogen-bond acceptors (Lipinski definition) is 3. The van der Waals surface area contributed by atoms with Gasteiger partial charge in [0, 0.05) is 27.2 Å². The first-order chi connectivity index (χ1) is 8.20. The first-order valence-electron chi connectivity index (χ1n) is 5.66. The summed E-state index contributed by atoms with van der Waals surface area (Å²) in [4.78, 5) is 17.0. The van der Waals surface area contributed by atoms with E-state index in [4.69, 9.17) is 17.0 Å². The van der Waals surface area contributed by atoms with Gasteiger partial charge in [-0.1, -0.05) is 0 Å². The molecule has 0 bridgehead atoms. The smallest absolute Gasteiger partial charge is 0.407 e. The Hall–Kier alpha value is -1.37. The number of thiocarbonyl (C=S) groups is 1. The van der Waals surface area contributed by atoms with Crippen molar-refractivity contribution < 1.29 is 9.53 Å². The van der Waals surface area contributed by atoms with E-state index in [9.17, 15) is 4.79 Å². The molecule has 0 rings (SSSR count). The molecule has 0 saturated heterocycles. The largest absolute Gasteiger partial charge is 0.444 e. The molecule has 2 N–H and O–H groups in total. The van der Waals surface area contributed by atoms with Gasteiger partial charge in [-0.2, -0.15) is 0 Å². The van der Waals surface area contributed by atoms with Gasteiger partial charge in [0.1, 0.15) is 5.60 Å². The minimum Gasteiger partial charge on any atom is -0.444 e. The topological polar surface area (TPSA) is 66.0 Å². The molecule has 0 aliphatic carbocycles. The van der Waals surface area contributed by atoms with Gasteiger partial charge < -0.3 is 20.3 Å². The lowest BCUT2D eigenvalue weighted by Gasteiger charge is -2.19. The normalized spacial score (nSPS) is 11.2. The number of carbonyl (C=O) groups is 1. The van der Waals surface area contributed by atoms with E-state index in [2.05, 4.69) is 15.6 Å². The number of nitrogens with one attached hydrogen (secondary N) is 2. The van der Waals surface area contributed by atoms with Crippen LogP contribution in [-0.4, -0.2) is 55.2 Å². The van der Waals surface area contributed by atoms with Gasteiger partial charge in [0.25, 0.3) is 0 Å². The summed E-state index contributed by atoms with van der Waals surface area (Å²) >= 11 is 4.96. The van der Waals surface area contributed by atoms with Crippen molar-refractivity contribution in [3.05, 3.63) is 0 Å². The van der Waals surface area contributed by atoms with Crippen molar-refractivity contribution in [2.24, 2.45) is 4.99 Å². The maximum Gasteiger partial charge on any atom is 0.407 e. The van der Waals surface area contributed by atoms with Crippen LogP contribution in [0.4, 0.5) is 4.79 Å². The average molecular weight is 274 g/mol. The zero-order valence-corrected chi connectivity index (χ0v) is 12.4.